The summed E-state index contributed by atoms with van der Waals surface area (Å²) in [5.74, 6) is 0.0808. The van der Waals surface area contributed by atoms with Crippen molar-refractivity contribution >= 4 is 17.3 Å². The minimum atomic E-state index is -0.370. The van der Waals surface area contributed by atoms with Crippen LogP contribution in [0.15, 0.2) is 42.5 Å². The molecule has 3 nitrogen and oxygen atoms in total. The molecular formula is C18H20N2O. The average Bonchev–Trinajstić information content (AvgIpc) is 3.19. The Bertz CT molecular complexity index is 665. The third-order valence-electron chi connectivity index (χ3n) is 4.13. The zero-order valence-corrected chi connectivity index (χ0v) is 12.4. The van der Waals surface area contributed by atoms with Crippen LogP contribution in [0.5, 0.6) is 0 Å². The minimum Gasteiger partial charge on any atom is -0.399 e. The molecule has 1 aliphatic carbocycles. The molecule has 1 aliphatic rings. The lowest BCUT2D eigenvalue weighted by Crippen LogP contribution is -2.27. The van der Waals surface area contributed by atoms with Gasteiger partial charge in [-0.3, -0.25) is 4.79 Å². The van der Waals surface area contributed by atoms with Gasteiger partial charge in [0.2, 0.25) is 5.91 Å². The Morgan fingerprint density at radius 2 is 1.62 bits per heavy atom. The van der Waals surface area contributed by atoms with Crippen LogP contribution >= 0.6 is 0 Å². The lowest BCUT2D eigenvalue weighted by molar-refractivity contribution is -0.118. The summed E-state index contributed by atoms with van der Waals surface area (Å²) in [7, 11) is 0. The van der Waals surface area contributed by atoms with Gasteiger partial charge in [-0.25, -0.2) is 0 Å². The molecule has 3 rings (SSSR count). The Morgan fingerprint density at radius 3 is 2.14 bits per heavy atom. The SMILES string of the molecule is Cc1cc(C)cc(NC(=O)C2(c3ccc(N)cc3)CC2)c1. The average molecular weight is 280 g/mol. The number of nitrogen functional groups attached to an aromatic ring is 1. The van der Waals surface area contributed by atoms with Gasteiger partial charge in [0.15, 0.2) is 0 Å². The number of hydrogen-bond donors (Lipinski definition) is 2. The van der Waals surface area contributed by atoms with E-state index >= 15 is 0 Å². The third-order valence-corrected chi connectivity index (χ3v) is 4.13. The summed E-state index contributed by atoms with van der Waals surface area (Å²) < 4.78 is 0. The fraction of sp³-hybridized carbons (Fsp3) is 0.278. The molecule has 0 saturated heterocycles. The molecule has 3 N–H and O–H groups in total. The zero-order chi connectivity index (χ0) is 15.0. The first-order valence-electron chi connectivity index (χ1n) is 7.25. The fourth-order valence-electron chi connectivity index (χ4n) is 2.87. The van der Waals surface area contributed by atoms with Crippen molar-refractivity contribution in [1.82, 2.24) is 0 Å². The van der Waals surface area contributed by atoms with E-state index in [2.05, 4.69) is 11.4 Å². The monoisotopic (exact) mass is 280 g/mol. The van der Waals surface area contributed by atoms with Gasteiger partial charge in [0.05, 0.1) is 5.41 Å². The second kappa shape index (κ2) is 4.92. The summed E-state index contributed by atoms with van der Waals surface area (Å²) in [5.41, 5.74) is 10.3. The number of aryl methyl sites for hydroxylation is 2. The normalized spacial score (nSPS) is 15.5. The minimum absolute atomic E-state index is 0.0808. The summed E-state index contributed by atoms with van der Waals surface area (Å²) in [5, 5.41) is 3.07. The Hall–Kier alpha value is -2.29. The van der Waals surface area contributed by atoms with Crippen LogP contribution in [0.2, 0.25) is 0 Å². The summed E-state index contributed by atoms with van der Waals surface area (Å²) in [6.07, 6.45) is 1.79. The molecule has 1 amide bonds. The largest absolute Gasteiger partial charge is 0.399 e. The number of nitrogens with one attached hydrogen (secondary N) is 1. The molecule has 0 aliphatic heterocycles. The van der Waals surface area contributed by atoms with Crippen molar-refractivity contribution in [2.45, 2.75) is 32.1 Å². The van der Waals surface area contributed by atoms with Crippen LogP contribution in [0.3, 0.4) is 0 Å². The predicted octanol–water partition coefficient (Wildman–Crippen LogP) is 3.56. The van der Waals surface area contributed by atoms with Crippen molar-refractivity contribution in [1.29, 1.82) is 0 Å². The van der Waals surface area contributed by atoms with E-state index in [1.54, 1.807) is 0 Å². The van der Waals surface area contributed by atoms with Gasteiger partial charge < -0.3 is 11.1 Å². The first-order valence-corrected chi connectivity index (χ1v) is 7.25. The molecule has 0 bridgehead atoms. The van der Waals surface area contributed by atoms with Crippen LogP contribution in [0.1, 0.15) is 29.5 Å². The number of carbonyl (C=O) groups excluding carboxylic acids is 1. The van der Waals surface area contributed by atoms with E-state index in [4.69, 9.17) is 5.73 Å². The molecule has 0 unspecified atom stereocenters. The Morgan fingerprint density at radius 1 is 1.05 bits per heavy atom. The highest BCUT2D eigenvalue weighted by atomic mass is 16.2. The number of carbonyl (C=O) groups is 1. The number of hydrogen-bond acceptors (Lipinski definition) is 2. The van der Waals surface area contributed by atoms with Crippen LogP contribution in [0.4, 0.5) is 11.4 Å². The van der Waals surface area contributed by atoms with Crippen LogP contribution < -0.4 is 11.1 Å². The molecule has 3 heteroatoms. The summed E-state index contributed by atoms with van der Waals surface area (Å²) in [6.45, 7) is 4.07. The number of benzene rings is 2. The van der Waals surface area contributed by atoms with Crippen molar-refractivity contribution in [2.75, 3.05) is 11.1 Å². The van der Waals surface area contributed by atoms with Crippen molar-refractivity contribution in [3.63, 3.8) is 0 Å². The lowest BCUT2D eigenvalue weighted by Gasteiger charge is -2.16. The number of amides is 1. The predicted molar refractivity (Wildman–Crippen MR) is 86.3 cm³/mol. The highest BCUT2D eigenvalue weighted by Gasteiger charge is 2.51. The van der Waals surface area contributed by atoms with Crippen LogP contribution in [0.25, 0.3) is 0 Å². The van der Waals surface area contributed by atoms with E-state index in [0.717, 1.165) is 40.9 Å². The molecule has 2 aromatic rings. The first kappa shape index (κ1) is 13.7. The molecular weight excluding hydrogens is 260 g/mol. The molecule has 1 fully saturated rings. The molecule has 108 valence electrons. The molecule has 0 heterocycles. The summed E-state index contributed by atoms with van der Waals surface area (Å²) >= 11 is 0. The van der Waals surface area contributed by atoms with Gasteiger partial charge in [-0.05, 0) is 67.6 Å². The first-order chi connectivity index (χ1) is 9.99. The molecule has 1 saturated carbocycles. The van der Waals surface area contributed by atoms with E-state index in [9.17, 15) is 4.79 Å². The number of anilines is 2. The number of nitrogens with two attached hydrogens (primary N) is 1. The van der Waals surface area contributed by atoms with E-state index in [1.165, 1.54) is 0 Å². The molecule has 0 aromatic heterocycles. The van der Waals surface area contributed by atoms with Gasteiger partial charge in [0, 0.05) is 11.4 Å². The van der Waals surface area contributed by atoms with Crippen molar-refractivity contribution in [2.24, 2.45) is 0 Å². The molecule has 21 heavy (non-hydrogen) atoms. The standard InChI is InChI=1S/C18H20N2O/c1-12-9-13(2)11-16(10-12)20-17(21)18(7-8-18)14-3-5-15(19)6-4-14/h3-6,9-11H,7-8,19H2,1-2H3,(H,20,21). The zero-order valence-electron chi connectivity index (χ0n) is 12.4. The van der Waals surface area contributed by atoms with Gasteiger partial charge in [-0.1, -0.05) is 18.2 Å². The van der Waals surface area contributed by atoms with E-state index in [0.29, 0.717) is 0 Å². The molecule has 2 aromatic carbocycles. The number of rotatable bonds is 3. The van der Waals surface area contributed by atoms with E-state index in [-0.39, 0.29) is 11.3 Å². The maximum absolute atomic E-state index is 12.7. The smallest absolute Gasteiger partial charge is 0.235 e. The van der Waals surface area contributed by atoms with Gasteiger partial charge in [0.1, 0.15) is 0 Å². The Labute approximate surface area is 125 Å². The Balaban J connectivity index is 1.83. The molecule has 0 spiro atoms. The lowest BCUT2D eigenvalue weighted by atomic mass is 9.94. The van der Waals surface area contributed by atoms with Gasteiger partial charge in [-0.2, -0.15) is 0 Å². The molecule has 0 radical (unpaired) electrons. The van der Waals surface area contributed by atoms with Gasteiger partial charge in [0.25, 0.3) is 0 Å². The highest BCUT2D eigenvalue weighted by molar-refractivity contribution is 6.01. The van der Waals surface area contributed by atoms with Crippen LogP contribution in [-0.2, 0) is 10.2 Å². The highest BCUT2D eigenvalue weighted by Crippen LogP contribution is 2.49. The Kier molecular flexibility index (Phi) is 3.20. The van der Waals surface area contributed by atoms with Crippen LogP contribution in [-0.4, -0.2) is 5.91 Å². The van der Waals surface area contributed by atoms with Gasteiger partial charge >= 0.3 is 0 Å². The van der Waals surface area contributed by atoms with Crippen molar-refractivity contribution < 1.29 is 4.79 Å². The maximum Gasteiger partial charge on any atom is 0.235 e. The van der Waals surface area contributed by atoms with Crippen LogP contribution in [0, 0.1) is 13.8 Å². The summed E-state index contributed by atoms with van der Waals surface area (Å²) in [4.78, 5) is 12.7. The van der Waals surface area contributed by atoms with E-state index < -0.39 is 0 Å². The quantitative estimate of drug-likeness (QED) is 0.845. The topological polar surface area (TPSA) is 55.1 Å². The third kappa shape index (κ3) is 2.64. The maximum atomic E-state index is 12.7. The fourth-order valence-corrected chi connectivity index (χ4v) is 2.87. The van der Waals surface area contributed by atoms with E-state index in [1.807, 2.05) is 50.2 Å². The second-order valence-corrected chi connectivity index (χ2v) is 6.03. The summed E-state index contributed by atoms with van der Waals surface area (Å²) in [6, 6.07) is 13.8. The van der Waals surface area contributed by atoms with Gasteiger partial charge in [-0.15, -0.1) is 0 Å². The molecule has 0 atom stereocenters. The van der Waals surface area contributed by atoms with Crippen molar-refractivity contribution in [3.8, 4) is 0 Å². The van der Waals surface area contributed by atoms with Crippen molar-refractivity contribution in [3.05, 3.63) is 59.2 Å². The second-order valence-electron chi connectivity index (χ2n) is 6.03.